The van der Waals surface area contributed by atoms with Gasteiger partial charge in [0.1, 0.15) is 5.75 Å². The fourth-order valence-corrected chi connectivity index (χ4v) is 2.77. The van der Waals surface area contributed by atoms with Crippen molar-refractivity contribution in [3.63, 3.8) is 0 Å². The zero-order valence-electron chi connectivity index (χ0n) is 12.7. The van der Waals surface area contributed by atoms with E-state index < -0.39 is 0 Å². The molecule has 0 heterocycles. The first kappa shape index (κ1) is 16.0. The van der Waals surface area contributed by atoms with Crippen molar-refractivity contribution < 1.29 is 4.74 Å². The van der Waals surface area contributed by atoms with Crippen molar-refractivity contribution in [2.24, 2.45) is 17.4 Å². The molecule has 0 spiro atoms. The first-order valence-corrected chi connectivity index (χ1v) is 7.12. The summed E-state index contributed by atoms with van der Waals surface area (Å²) < 4.78 is 5.60. The standard InChI is InChI=1S/C16H28N2O/c1-5-14(8-13(9-17)10-18)15-7-11(2)6-12(3)16(15)19-4/h6-7,13-14H,5,8-10,17-18H2,1-4H3. The molecule has 0 aromatic heterocycles. The Hall–Kier alpha value is -1.06. The summed E-state index contributed by atoms with van der Waals surface area (Å²) in [4.78, 5) is 0. The third-order valence-corrected chi connectivity index (χ3v) is 3.87. The SMILES string of the molecule is CCC(CC(CN)CN)c1cc(C)cc(C)c1OC. The molecule has 4 N–H and O–H groups in total. The number of hydrogen-bond donors (Lipinski definition) is 2. The first-order valence-electron chi connectivity index (χ1n) is 7.12. The number of benzene rings is 1. The third-order valence-electron chi connectivity index (χ3n) is 3.87. The molecule has 1 aromatic rings. The van der Waals surface area contributed by atoms with E-state index in [0.717, 1.165) is 18.6 Å². The third kappa shape index (κ3) is 3.95. The van der Waals surface area contributed by atoms with Crippen molar-refractivity contribution in [3.05, 3.63) is 28.8 Å². The van der Waals surface area contributed by atoms with E-state index in [1.807, 2.05) is 0 Å². The Labute approximate surface area is 117 Å². The van der Waals surface area contributed by atoms with Crippen LogP contribution in [-0.4, -0.2) is 20.2 Å². The van der Waals surface area contributed by atoms with Crippen molar-refractivity contribution >= 4 is 0 Å². The Morgan fingerprint density at radius 3 is 2.26 bits per heavy atom. The molecule has 0 aliphatic rings. The van der Waals surface area contributed by atoms with Crippen LogP contribution in [0.2, 0.25) is 0 Å². The van der Waals surface area contributed by atoms with Gasteiger partial charge in [-0.3, -0.25) is 0 Å². The van der Waals surface area contributed by atoms with E-state index in [2.05, 4.69) is 32.9 Å². The van der Waals surface area contributed by atoms with E-state index in [-0.39, 0.29) is 0 Å². The van der Waals surface area contributed by atoms with E-state index in [0.29, 0.717) is 24.9 Å². The lowest BCUT2D eigenvalue weighted by molar-refractivity contribution is 0.387. The maximum atomic E-state index is 5.78. The minimum absolute atomic E-state index is 0.385. The number of aryl methyl sites for hydroxylation is 2. The lowest BCUT2D eigenvalue weighted by Crippen LogP contribution is -2.25. The summed E-state index contributed by atoms with van der Waals surface area (Å²) in [6.07, 6.45) is 2.11. The molecule has 0 saturated carbocycles. The van der Waals surface area contributed by atoms with Crippen LogP contribution in [0.1, 0.15) is 42.4 Å². The molecular weight excluding hydrogens is 236 g/mol. The van der Waals surface area contributed by atoms with Crippen molar-refractivity contribution in [3.8, 4) is 5.75 Å². The molecule has 0 radical (unpaired) electrons. The number of rotatable bonds is 7. The molecule has 1 unspecified atom stereocenters. The van der Waals surface area contributed by atoms with Crippen LogP contribution in [0, 0.1) is 19.8 Å². The van der Waals surface area contributed by atoms with Crippen molar-refractivity contribution in [1.82, 2.24) is 0 Å². The largest absolute Gasteiger partial charge is 0.496 e. The van der Waals surface area contributed by atoms with E-state index in [4.69, 9.17) is 16.2 Å². The highest BCUT2D eigenvalue weighted by atomic mass is 16.5. The van der Waals surface area contributed by atoms with E-state index in [1.165, 1.54) is 16.7 Å². The molecule has 0 aliphatic heterocycles. The first-order chi connectivity index (χ1) is 9.07. The lowest BCUT2D eigenvalue weighted by Gasteiger charge is -2.24. The lowest BCUT2D eigenvalue weighted by atomic mass is 9.85. The minimum Gasteiger partial charge on any atom is -0.496 e. The van der Waals surface area contributed by atoms with Crippen LogP contribution in [0.3, 0.4) is 0 Å². The molecule has 1 atom stereocenters. The number of nitrogens with two attached hydrogens (primary N) is 2. The van der Waals surface area contributed by atoms with Gasteiger partial charge in [0.2, 0.25) is 0 Å². The molecule has 1 aromatic carbocycles. The average molecular weight is 264 g/mol. The maximum absolute atomic E-state index is 5.78. The van der Waals surface area contributed by atoms with Crippen molar-refractivity contribution in [1.29, 1.82) is 0 Å². The Balaban J connectivity index is 3.09. The smallest absolute Gasteiger partial charge is 0.125 e. The predicted molar refractivity (Wildman–Crippen MR) is 81.7 cm³/mol. The molecule has 0 saturated heterocycles. The summed E-state index contributed by atoms with van der Waals surface area (Å²) in [7, 11) is 1.75. The molecule has 19 heavy (non-hydrogen) atoms. The number of ether oxygens (including phenoxy) is 1. The van der Waals surface area contributed by atoms with Gasteiger partial charge in [-0.2, -0.15) is 0 Å². The van der Waals surface area contributed by atoms with Crippen molar-refractivity contribution in [2.75, 3.05) is 20.2 Å². The molecule has 0 fully saturated rings. The Morgan fingerprint density at radius 1 is 1.16 bits per heavy atom. The molecule has 3 heteroatoms. The monoisotopic (exact) mass is 264 g/mol. The number of hydrogen-bond acceptors (Lipinski definition) is 3. The molecule has 0 aliphatic carbocycles. The molecule has 0 bridgehead atoms. The molecule has 1 rings (SSSR count). The predicted octanol–water partition coefficient (Wildman–Crippen LogP) is 2.73. The summed E-state index contributed by atoms with van der Waals surface area (Å²) in [5, 5.41) is 0. The van der Waals surface area contributed by atoms with Gasteiger partial charge in [0.25, 0.3) is 0 Å². The van der Waals surface area contributed by atoms with Gasteiger partial charge in [0.05, 0.1) is 7.11 Å². The maximum Gasteiger partial charge on any atom is 0.125 e. The topological polar surface area (TPSA) is 61.3 Å². The fourth-order valence-electron chi connectivity index (χ4n) is 2.77. The molecule has 108 valence electrons. The zero-order chi connectivity index (χ0) is 14.4. The van der Waals surface area contributed by atoms with Crippen LogP contribution >= 0.6 is 0 Å². The second-order valence-corrected chi connectivity index (χ2v) is 5.38. The molecule has 3 nitrogen and oxygen atoms in total. The van der Waals surface area contributed by atoms with Gasteiger partial charge in [0.15, 0.2) is 0 Å². The van der Waals surface area contributed by atoms with Gasteiger partial charge in [-0.1, -0.05) is 24.6 Å². The second kappa shape index (κ2) is 7.51. The van der Waals surface area contributed by atoms with E-state index in [9.17, 15) is 0 Å². The minimum atomic E-state index is 0.385. The van der Waals surface area contributed by atoms with E-state index >= 15 is 0 Å². The fraction of sp³-hybridized carbons (Fsp3) is 0.625. The van der Waals surface area contributed by atoms with Crippen LogP contribution in [0.4, 0.5) is 0 Å². The van der Waals surface area contributed by atoms with Crippen LogP contribution in [0.15, 0.2) is 12.1 Å². The quantitative estimate of drug-likeness (QED) is 0.796. The van der Waals surface area contributed by atoms with Crippen LogP contribution in [0.25, 0.3) is 0 Å². The van der Waals surface area contributed by atoms with Crippen LogP contribution in [0.5, 0.6) is 5.75 Å². The van der Waals surface area contributed by atoms with Crippen LogP contribution in [-0.2, 0) is 0 Å². The zero-order valence-corrected chi connectivity index (χ0v) is 12.7. The Bertz CT molecular complexity index is 400. The average Bonchev–Trinajstić information content (AvgIpc) is 2.39. The highest BCUT2D eigenvalue weighted by molar-refractivity contribution is 5.45. The molecule has 0 amide bonds. The van der Waals surface area contributed by atoms with Gasteiger partial charge in [-0.25, -0.2) is 0 Å². The summed E-state index contributed by atoms with van der Waals surface area (Å²) >= 11 is 0. The highest BCUT2D eigenvalue weighted by Gasteiger charge is 2.20. The Morgan fingerprint density at radius 2 is 1.79 bits per heavy atom. The highest BCUT2D eigenvalue weighted by Crippen LogP contribution is 2.36. The van der Waals surface area contributed by atoms with Gasteiger partial charge in [-0.15, -0.1) is 0 Å². The summed E-state index contributed by atoms with van der Waals surface area (Å²) in [5.74, 6) is 1.87. The normalized spacial score (nSPS) is 12.8. The summed E-state index contributed by atoms with van der Waals surface area (Å²) in [6.45, 7) is 7.75. The van der Waals surface area contributed by atoms with Gasteiger partial charge < -0.3 is 16.2 Å². The molecular formula is C16H28N2O. The second-order valence-electron chi connectivity index (χ2n) is 5.38. The number of methoxy groups -OCH3 is 1. The Kier molecular flexibility index (Phi) is 6.32. The van der Waals surface area contributed by atoms with E-state index in [1.54, 1.807) is 7.11 Å². The summed E-state index contributed by atoms with van der Waals surface area (Å²) in [6, 6.07) is 4.41. The summed E-state index contributed by atoms with van der Waals surface area (Å²) in [5.41, 5.74) is 15.4. The van der Waals surface area contributed by atoms with Crippen LogP contribution < -0.4 is 16.2 Å². The van der Waals surface area contributed by atoms with Gasteiger partial charge in [-0.05, 0) is 62.7 Å². The van der Waals surface area contributed by atoms with Gasteiger partial charge in [0, 0.05) is 0 Å². The van der Waals surface area contributed by atoms with Crippen molar-refractivity contribution in [2.45, 2.75) is 39.5 Å². The van der Waals surface area contributed by atoms with Gasteiger partial charge >= 0.3 is 0 Å².